The van der Waals surface area contributed by atoms with Gasteiger partial charge >= 0.3 is 0 Å². The summed E-state index contributed by atoms with van der Waals surface area (Å²) in [6, 6.07) is 11.3. The highest BCUT2D eigenvalue weighted by Gasteiger charge is 2.21. The van der Waals surface area contributed by atoms with Crippen LogP contribution in [0, 0.1) is 13.8 Å². The van der Waals surface area contributed by atoms with Crippen LogP contribution >= 0.6 is 0 Å². The molecule has 0 spiro atoms. The average molecular weight is 324 g/mol. The number of aryl methyl sites for hydroxylation is 2. The van der Waals surface area contributed by atoms with Gasteiger partial charge in [0.2, 0.25) is 5.91 Å². The maximum Gasteiger partial charge on any atom is 0.252 e. The second-order valence-electron chi connectivity index (χ2n) is 5.79. The summed E-state index contributed by atoms with van der Waals surface area (Å²) in [4.78, 5) is 36.4. The molecule has 2 aromatic rings. The summed E-state index contributed by atoms with van der Waals surface area (Å²) in [5.74, 6) is -1.37. The van der Waals surface area contributed by atoms with E-state index in [2.05, 4.69) is 5.32 Å². The minimum absolute atomic E-state index is 0.219. The average Bonchev–Trinajstić information content (AvgIpc) is 2.56. The van der Waals surface area contributed by atoms with Gasteiger partial charge in [-0.2, -0.15) is 0 Å². The molecule has 2 amide bonds. The summed E-state index contributed by atoms with van der Waals surface area (Å²) in [5.41, 5.74) is 8.04. The molecule has 0 saturated heterocycles. The van der Waals surface area contributed by atoms with Crippen LogP contribution in [0.4, 0.5) is 0 Å². The maximum atomic E-state index is 12.9. The number of primary amides is 1. The predicted octanol–water partition coefficient (Wildman–Crippen LogP) is 2.14. The normalized spacial score (nSPS) is 11.6. The Morgan fingerprint density at radius 3 is 2.21 bits per heavy atom. The van der Waals surface area contributed by atoms with Crippen molar-refractivity contribution in [1.29, 1.82) is 0 Å². The summed E-state index contributed by atoms with van der Waals surface area (Å²) in [7, 11) is 0. The Labute approximate surface area is 140 Å². The Bertz CT molecular complexity index is 812. The Hall–Kier alpha value is -2.95. The third-order valence-electron chi connectivity index (χ3n) is 3.83. The van der Waals surface area contributed by atoms with Crippen molar-refractivity contribution in [3.8, 4) is 0 Å². The van der Waals surface area contributed by atoms with Crippen LogP contribution in [0.15, 0.2) is 42.5 Å². The molecule has 3 N–H and O–H groups in total. The van der Waals surface area contributed by atoms with Crippen LogP contribution < -0.4 is 11.1 Å². The van der Waals surface area contributed by atoms with Gasteiger partial charge in [-0.1, -0.05) is 35.9 Å². The highest BCUT2D eigenvalue weighted by molar-refractivity contribution is 6.16. The molecule has 0 saturated carbocycles. The number of carbonyl (C=O) groups excluding carboxylic acids is 3. The Balaban J connectivity index is 2.41. The molecular weight excluding hydrogens is 304 g/mol. The molecule has 0 aromatic heterocycles. The lowest BCUT2D eigenvalue weighted by atomic mass is 9.94. The van der Waals surface area contributed by atoms with Crippen molar-refractivity contribution in [1.82, 2.24) is 5.32 Å². The molecule has 0 heterocycles. The van der Waals surface area contributed by atoms with E-state index in [0.29, 0.717) is 11.1 Å². The smallest absolute Gasteiger partial charge is 0.252 e. The Morgan fingerprint density at radius 1 is 0.958 bits per heavy atom. The summed E-state index contributed by atoms with van der Waals surface area (Å²) in [6.07, 6.45) is 0. The molecule has 2 aromatic carbocycles. The SMILES string of the molecule is Cc1ccc(C)c(C(=O)c2ccccc2C(=O)NC(C)C(N)=O)c1. The van der Waals surface area contributed by atoms with Crippen molar-refractivity contribution in [2.75, 3.05) is 0 Å². The lowest BCUT2D eigenvalue weighted by Crippen LogP contribution is -2.42. The van der Waals surface area contributed by atoms with E-state index in [1.165, 1.54) is 6.92 Å². The van der Waals surface area contributed by atoms with E-state index in [0.717, 1.165) is 11.1 Å². The van der Waals surface area contributed by atoms with E-state index in [4.69, 9.17) is 5.73 Å². The van der Waals surface area contributed by atoms with Gasteiger partial charge in [0.25, 0.3) is 5.91 Å². The molecule has 1 atom stereocenters. The van der Waals surface area contributed by atoms with Crippen LogP contribution in [-0.4, -0.2) is 23.6 Å². The fraction of sp³-hybridized carbons (Fsp3) is 0.211. The molecule has 5 nitrogen and oxygen atoms in total. The van der Waals surface area contributed by atoms with Gasteiger partial charge in [-0.15, -0.1) is 0 Å². The summed E-state index contributed by atoms with van der Waals surface area (Å²) in [5, 5.41) is 2.50. The van der Waals surface area contributed by atoms with E-state index >= 15 is 0 Å². The largest absolute Gasteiger partial charge is 0.368 e. The number of hydrogen-bond acceptors (Lipinski definition) is 3. The fourth-order valence-electron chi connectivity index (χ4n) is 2.35. The summed E-state index contributed by atoms with van der Waals surface area (Å²) < 4.78 is 0. The first-order chi connectivity index (χ1) is 11.3. The molecule has 5 heteroatoms. The van der Waals surface area contributed by atoms with Crippen LogP contribution in [-0.2, 0) is 4.79 Å². The number of carbonyl (C=O) groups is 3. The molecular formula is C19H20N2O3. The molecule has 0 aliphatic heterocycles. The first-order valence-electron chi connectivity index (χ1n) is 7.62. The van der Waals surface area contributed by atoms with Crippen molar-refractivity contribution in [3.63, 3.8) is 0 Å². The van der Waals surface area contributed by atoms with Gasteiger partial charge in [-0.3, -0.25) is 14.4 Å². The van der Waals surface area contributed by atoms with Gasteiger partial charge in [0, 0.05) is 11.1 Å². The van der Waals surface area contributed by atoms with Crippen LogP contribution in [0.1, 0.15) is 44.3 Å². The molecule has 0 bridgehead atoms. The van der Waals surface area contributed by atoms with Crippen LogP contribution in [0.2, 0.25) is 0 Å². The van der Waals surface area contributed by atoms with Crippen molar-refractivity contribution in [2.45, 2.75) is 26.8 Å². The second kappa shape index (κ2) is 7.08. The minimum Gasteiger partial charge on any atom is -0.368 e. The number of ketones is 1. The highest BCUT2D eigenvalue weighted by Crippen LogP contribution is 2.19. The van der Waals surface area contributed by atoms with E-state index < -0.39 is 17.9 Å². The van der Waals surface area contributed by atoms with Crippen LogP contribution in [0.3, 0.4) is 0 Å². The van der Waals surface area contributed by atoms with Gasteiger partial charge in [0.15, 0.2) is 5.78 Å². The number of rotatable bonds is 5. The van der Waals surface area contributed by atoms with Gasteiger partial charge in [-0.25, -0.2) is 0 Å². The molecule has 0 radical (unpaired) electrons. The second-order valence-corrected chi connectivity index (χ2v) is 5.79. The molecule has 124 valence electrons. The zero-order chi connectivity index (χ0) is 17.9. The molecule has 0 fully saturated rings. The molecule has 0 aliphatic carbocycles. The molecule has 24 heavy (non-hydrogen) atoms. The quantitative estimate of drug-likeness (QED) is 0.826. The van der Waals surface area contributed by atoms with Gasteiger partial charge < -0.3 is 11.1 Å². The lowest BCUT2D eigenvalue weighted by Gasteiger charge is -2.13. The van der Waals surface area contributed by atoms with Crippen LogP contribution in [0.5, 0.6) is 0 Å². The Kier molecular flexibility index (Phi) is 5.14. The minimum atomic E-state index is -0.818. The van der Waals surface area contributed by atoms with E-state index in [1.54, 1.807) is 30.3 Å². The maximum absolute atomic E-state index is 12.9. The lowest BCUT2D eigenvalue weighted by molar-refractivity contribution is -0.119. The van der Waals surface area contributed by atoms with Gasteiger partial charge in [0.05, 0.1) is 5.56 Å². The summed E-state index contributed by atoms with van der Waals surface area (Å²) >= 11 is 0. The monoisotopic (exact) mass is 324 g/mol. The molecule has 0 aliphatic rings. The third-order valence-corrected chi connectivity index (χ3v) is 3.83. The van der Waals surface area contributed by atoms with Crippen molar-refractivity contribution in [2.24, 2.45) is 5.73 Å². The zero-order valence-corrected chi connectivity index (χ0v) is 13.9. The number of amides is 2. The first kappa shape index (κ1) is 17.4. The highest BCUT2D eigenvalue weighted by atomic mass is 16.2. The fourth-order valence-corrected chi connectivity index (χ4v) is 2.35. The Morgan fingerprint density at radius 2 is 1.58 bits per heavy atom. The van der Waals surface area contributed by atoms with Crippen molar-refractivity contribution < 1.29 is 14.4 Å². The van der Waals surface area contributed by atoms with Crippen molar-refractivity contribution >= 4 is 17.6 Å². The number of nitrogens with two attached hydrogens (primary N) is 1. The van der Waals surface area contributed by atoms with E-state index in [-0.39, 0.29) is 11.3 Å². The van der Waals surface area contributed by atoms with E-state index in [1.807, 2.05) is 26.0 Å². The summed E-state index contributed by atoms with van der Waals surface area (Å²) in [6.45, 7) is 5.25. The van der Waals surface area contributed by atoms with Gasteiger partial charge in [-0.05, 0) is 38.5 Å². The number of nitrogens with one attached hydrogen (secondary N) is 1. The first-order valence-corrected chi connectivity index (χ1v) is 7.62. The van der Waals surface area contributed by atoms with Gasteiger partial charge in [0.1, 0.15) is 6.04 Å². The number of hydrogen-bond donors (Lipinski definition) is 2. The van der Waals surface area contributed by atoms with Crippen LogP contribution in [0.25, 0.3) is 0 Å². The third kappa shape index (κ3) is 3.68. The standard InChI is InChI=1S/C19H20N2O3/c1-11-8-9-12(2)16(10-11)17(22)14-6-4-5-7-15(14)19(24)21-13(3)18(20)23/h4-10,13H,1-3H3,(H2,20,23)(H,21,24). The van der Waals surface area contributed by atoms with E-state index in [9.17, 15) is 14.4 Å². The predicted molar refractivity (Wildman–Crippen MR) is 91.9 cm³/mol. The topological polar surface area (TPSA) is 89.3 Å². The number of benzene rings is 2. The molecule has 2 rings (SSSR count). The van der Waals surface area contributed by atoms with Crippen molar-refractivity contribution in [3.05, 3.63) is 70.3 Å². The molecule has 1 unspecified atom stereocenters. The zero-order valence-electron chi connectivity index (χ0n) is 13.9.